The maximum atomic E-state index is 11.9. The van der Waals surface area contributed by atoms with Gasteiger partial charge in [-0.1, -0.05) is 18.2 Å². The van der Waals surface area contributed by atoms with E-state index in [0.717, 1.165) is 15.6 Å². The van der Waals surface area contributed by atoms with Crippen molar-refractivity contribution < 1.29 is 19.1 Å². The van der Waals surface area contributed by atoms with E-state index >= 15 is 0 Å². The molecule has 0 fully saturated rings. The summed E-state index contributed by atoms with van der Waals surface area (Å²) in [6.07, 6.45) is 0.151. The van der Waals surface area contributed by atoms with Crippen LogP contribution in [-0.4, -0.2) is 30.6 Å². The van der Waals surface area contributed by atoms with Crippen molar-refractivity contribution in [2.75, 3.05) is 13.7 Å². The van der Waals surface area contributed by atoms with Gasteiger partial charge in [0.05, 0.1) is 18.0 Å². The van der Waals surface area contributed by atoms with Gasteiger partial charge in [-0.15, -0.1) is 0 Å². The number of hydrogen-bond donors (Lipinski definition) is 3. The lowest BCUT2D eigenvalue weighted by Gasteiger charge is -2.12. The predicted molar refractivity (Wildman–Crippen MR) is 113 cm³/mol. The van der Waals surface area contributed by atoms with Gasteiger partial charge in [0, 0.05) is 0 Å². The summed E-state index contributed by atoms with van der Waals surface area (Å²) in [6.45, 7) is 1.73. The van der Waals surface area contributed by atoms with Crippen LogP contribution in [0.25, 0.3) is 0 Å². The summed E-state index contributed by atoms with van der Waals surface area (Å²) in [5.41, 5.74) is 6.79. The molecule has 28 heavy (non-hydrogen) atoms. The van der Waals surface area contributed by atoms with Crippen molar-refractivity contribution in [2.45, 2.75) is 13.3 Å². The molecule has 148 valence electrons. The number of hydrazine groups is 1. The predicted octanol–water partition coefficient (Wildman–Crippen LogP) is 2.41. The fraction of sp³-hybridized carbons (Fsp3) is 0.211. The average Bonchev–Trinajstić information content (AvgIpc) is 2.66. The molecule has 0 saturated heterocycles. The number of carbonyl (C=O) groups is 2. The van der Waals surface area contributed by atoms with Crippen molar-refractivity contribution in [3.8, 4) is 11.5 Å². The Morgan fingerprint density at radius 2 is 1.79 bits per heavy atom. The number of benzene rings is 2. The van der Waals surface area contributed by atoms with Gasteiger partial charge < -0.3 is 9.47 Å². The van der Waals surface area contributed by atoms with E-state index < -0.39 is 5.91 Å². The molecule has 0 heterocycles. The molecule has 7 nitrogen and oxygen atoms in total. The molecule has 0 atom stereocenters. The standard InChI is InChI=1S/C19H20BrN3O4S/c1-12-3-8-16(15(20)9-12)27-11-18(25)21-19(28)23-22-17(24)10-13-4-6-14(26-2)7-5-13/h3-9H,10-11H2,1-2H3,(H,22,24)(H2,21,23,25,28). The number of methoxy groups -OCH3 is 1. The van der Waals surface area contributed by atoms with Gasteiger partial charge in [0.15, 0.2) is 11.7 Å². The van der Waals surface area contributed by atoms with Crippen LogP contribution in [0, 0.1) is 6.92 Å². The number of nitrogens with one attached hydrogen (secondary N) is 3. The van der Waals surface area contributed by atoms with Crippen LogP contribution in [-0.2, 0) is 16.0 Å². The van der Waals surface area contributed by atoms with Crippen molar-refractivity contribution in [1.29, 1.82) is 0 Å². The highest BCUT2D eigenvalue weighted by atomic mass is 79.9. The van der Waals surface area contributed by atoms with E-state index in [9.17, 15) is 9.59 Å². The number of carbonyl (C=O) groups excluding carboxylic acids is 2. The minimum Gasteiger partial charge on any atom is -0.497 e. The molecule has 3 N–H and O–H groups in total. The van der Waals surface area contributed by atoms with E-state index in [1.165, 1.54) is 0 Å². The van der Waals surface area contributed by atoms with Crippen LogP contribution >= 0.6 is 28.1 Å². The molecule has 0 aliphatic carbocycles. The fourth-order valence-corrected chi connectivity index (χ4v) is 2.93. The second-order valence-electron chi connectivity index (χ2n) is 5.80. The molecule has 2 amide bonds. The average molecular weight is 466 g/mol. The van der Waals surface area contributed by atoms with E-state index in [1.807, 2.05) is 19.1 Å². The lowest BCUT2D eigenvalue weighted by Crippen LogP contribution is -2.49. The SMILES string of the molecule is COc1ccc(CC(=O)NNC(=S)NC(=O)COc2ccc(C)cc2Br)cc1. The first kappa shape index (κ1) is 21.6. The maximum Gasteiger partial charge on any atom is 0.264 e. The van der Waals surface area contributed by atoms with Crippen molar-refractivity contribution in [3.05, 3.63) is 58.1 Å². The first-order chi connectivity index (χ1) is 13.4. The van der Waals surface area contributed by atoms with Crippen molar-refractivity contribution in [3.63, 3.8) is 0 Å². The van der Waals surface area contributed by atoms with Crippen LogP contribution in [0.2, 0.25) is 0 Å². The Hall–Kier alpha value is -2.65. The molecular formula is C19H20BrN3O4S. The number of aryl methyl sites for hydroxylation is 1. The van der Waals surface area contributed by atoms with Gasteiger partial charge in [-0.2, -0.15) is 0 Å². The van der Waals surface area contributed by atoms with Gasteiger partial charge in [0.1, 0.15) is 11.5 Å². The van der Waals surface area contributed by atoms with Crippen molar-refractivity contribution in [1.82, 2.24) is 16.2 Å². The van der Waals surface area contributed by atoms with Crippen LogP contribution in [0.1, 0.15) is 11.1 Å². The summed E-state index contributed by atoms with van der Waals surface area (Å²) in [4.78, 5) is 23.8. The van der Waals surface area contributed by atoms with Crippen LogP contribution in [0.3, 0.4) is 0 Å². The van der Waals surface area contributed by atoms with Crippen LogP contribution in [0.5, 0.6) is 11.5 Å². The molecule has 0 aromatic heterocycles. The van der Waals surface area contributed by atoms with E-state index in [2.05, 4.69) is 32.1 Å². The maximum absolute atomic E-state index is 11.9. The lowest BCUT2D eigenvalue weighted by atomic mass is 10.1. The Kier molecular flexibility index (Phi) is 8.21. The first-order valence-electron chi connectivity index (χ1n) is 8.28. The molecule has 0 saturated carbocycles. The third-order valence-electron chi connectivity index (χ3n) is 3.54. The lowest BCUT2D eigenvalue weighted by molar-refractivity contribution is -0.122. The number of hydrogen-bond acceptors (Lipinski definition) is 5. The van der Waals surface area contributed by atoms with Crippen molar-refractivity contribution in [2.24, 2.45) is 0 Å². The number of amides is 2. The zero-order valence-corrected chi connectivity index (χ0v) is 17.8. The quantitative estimate of drug-likeness (QED) is 0.448. The van der Waals surface area contributed by atoms with Gasteiger partial charge in [-0.25, -0.2) is 0 Å². The second kappa shape index (κ2) is 10.6. The molecule has 0 spiro atoms. The van der Waals surface area contributed by atoms with Gasteiger partial charge >= 0.3 is 0 Å². The molecule has 0 bridgehead atoms. The van der Waals surface area contributed by atoms with Crippen LogP contribution in [0.4, 0.5) is 0 Å². The topological polar surface area (TPSA) is 88.7 Å². The van der Waals surface area contributed by atoms with E-state index in [4.69, 9.17) is 21.7 Å². The Morgan fingerprint density at radius 1 is 1.07 bits per heavy atom. The molecular weight excluding hydrogens is 446 g/mol. The molecule has 9 heteroatoms. The van der Waals surface area contributed by atoms with Crippen LogP contribution < -0.4 is 25.6 Å². The normalized spacial score (nSPS) is 9.96. The van der Waals surface area contributed by atoms with Gasteiger partial charge in [-0.05, 0) is 70.5 Å². The third-order valence-corrected chi connectivity index (χ3v) is 4.36. The Morgan fingerprint density at radius 3 is 2.43 bits per heavy atom. The highest BCUT2D eigenvalue weighted by Gasteiger charge is 2.09. The largest absolute Gasteiger partial charge is 0.497 e. The fourth-order valence-electron chi connectivity index (χ4n) is 2.16. The smallest absolute Gasteiger partial charge is 0.264 e. The molecule has 2 aromatic carbocycles. The third kappa shape index (κ3) is 7.16. The summed E-state index contributed by atoms with van der Waals surface area (Å²) in [7, 11) is 1.57. The zero-order valence-electron chi connectivity index (χ0n) is 15.4. The zero-order chi connectivity index (χ0) is 20.5. The molecule has 0 aliphatic rings. The summed E-state index contributed by atoms with van der Waals surface area (Å²) >= 11 is 8.36. The Bertz CT molecular complexity index is 859. The number of rotatable bonds is 6. The molecule has 0 unspecified atom stereocenters. The van der Waals surface area contributed by atoms with E-state index in [0.29, 0.717) is 11.5 Å². The molecule has 2 aromatic rings. The number of ether oxygens (including phenoxy) is 2. The second-order valence-corrected chi connectivity index (χ2v) is 7.06. The summed E-state index contributed by atoms with van der Waals surface area (Å²) in [5, 5.41) is 2.40. The van der Waals surface area contributed by atoms with Gasteiger partial charge in [-0.3, -0.25) is 25.8 Å². The summed E-state index contributed by atoms with van der Waals surface area (Å²) in [5.74, 6) is 0.509. The number of halogens is 1. The highest BCUT2D eigenvalue weighted by Crippen LogP contribution is 2.25. The Labute approximate surface area is 176 Å². The monoisotopic (exact) mass is 465 g/mol. The molecule has 0 aliphatic heterocycles. The highest BCUT2D eigenvalue weighted by molar-refractivity contribution is 9.10. The summed E-state index contributed by atoms with van der Waals surface area (Å²) in [6, 6.07) is 12.7. The summed E-state index contributed by atoms with van der Waals surface area (Å²) < 4.78 is 11.3. The Balaban J connectivity index is 1.70. The van der Waals surface area contributed by atoms with Gasteiger partial charge in [0.25, 0.3) is 5.91 Å². The van der Waals surface area contributed by atoms with Crippen LogP contribution in [0.15, 0.2) is 46.9 Å². The first-order valence-corrected chi connectivity index (χ1v) is 9.48. The van der Waals surface area contributed by atoms with Gasteiger partial charge in [0.2, 0.25) is 5.91 Å². The number of thiocarbonyl (C=S) groups is 1. The minimum absolute atomic E-state index is 0.0281. The van der Waals surface area contributed by atoms with Crippen molar-refractivity contribution >= 4 is 45.1 Å². The molecule has 0 radical (unpaired) electrons. The van der Waals surface area contributed by atoms with E-state index in [-0.39, 0.29) is 24.0 Å². The minimum atomic E-state index is -0.450. The molecule has 2 rings (SSSR count). The van der Waals surface area contributed by atoms with E-state index in [1.54, 1.807) is 37.4 Å².